The van der Waals surface area contributed by atoms with Gasteiger partial charge in [-0.3, -0.25) is 4.79 Å². The van der Waals surface area contributed by atoms with E-state index in [4.69, 9.17) is 0 Å². The van der Waals surface area contributed by atoms with Gasteiger partial charge >= 0.3 is 0 Å². The lowest BCUT2D eigenvalue weighted by Crippen LogP contribution is -2.40. The molecular formula is C10H15NO. The summed E-state index contributed by atoms with van der Waals surface area (Å²) >= 11 is 0. The third kappa shape index (κ3) is 1.38. The summed E-state index contributed by atoms with van der Waals surface area (Å²) in [6.07, 6.45) is 9.77. The molecule has 12 heavy (non-hydrogen) atoms. The molecule has 2 nitrogen and oxygen atoms in total. The van der Waals surface area contributed by atoms with Crippen LogP contribution in [-0.4, -0.2) is 23.4 Å². The Kier molecular flexibility index (Phi) is 2.15. The molecule has 66 valence electrons. The minimum absolute atomic E-state index is 0.324. The standard InChI is InChI=1S/C10H15NO/c12-10-7-4-6-9-5-2-1-3-8-11(9)10/h4,6,9H,1-3,5,7-8H2/t9-/m0/s1. The van der Waals surface area contributed by atoms with Crippen molar-refractivity contribution in [2.24, 2.45) is 0 Å². The van der Waals surface area contributed by atoms with Gasteiger partial charge in [0.05, 0.1) is 0 Å². The first-order valence-electron chi connectivity index (χ1n) is 4.84. The molecule has 1 saturated heterocycles. The first-order valence-corrected chi connectivity index (χ1v) is 4.84. The van der Waals surface area contributed by atoms with Gasteiger partial charge < -0.3 is 4.90 Å². The highest BCUT2D eigenvalue weighted by Crippen LogP contribution is 2.21. The Balaban J connectivity index is 2.14. The Morgan fingerprint density at radius 2 is 2.25 bits per heavy atom. The van der Waals surface area contributed by atoms with Crippen LogP contribution < -0.4 is 0 Å². The maximum Gasteiger partial charge on any atom is 0.226 e. The molecule has 0 N–H and O–H groups in total. The molecule has 2 aliphatic rings. The molecule has 0 saturated carbocycles. The van der Waals surface area contributed by atoms with Crippen molar-refractivity contribution in [3.63, 3.8) is 0 Å². The lowest BCUT2D eigenvalue weighted by molar-refractivity contribution is -0.132. The van der Waals surface area contributed by atoms with E-state index < -0.39 is 0 Å². The number of rotatable bonds is 0. The van der Waals surface area contributed by atoms with E-state index in [9.17, 15) is 4.79 Å². The van der Waals surface area contributed by atoms with Gasteiger partial charge in [0, 0.05) is 19.0 Å². The molecule has 0 aliphatic carbocycles. The Bertz CT molecular complexity index is 210. The quantitative estimate of drug-likeness (QED) is 0.500. The summed E-state index contributed by atoms with van der Waals surface area (Å²) in [6.45, 7) is 0.980. The highest BCUT2D eigenvalue weighted by atomic mass is 16.2. The molecule has 0 aromatic carbocycles. The molecule has 0 aromatic heterocycles. The second kappa shape index (κ2) is 3.30. The van der Waals surface area contributed by atoms with Crippen LogP contribution in [0.5, 0.6) is 0 Å². The minimum Gasteiger partial charge on any atom is -0.336 e. The molecule has 2 aliphatic heterocycles. The molecule has 0 spiro atoms. The zero-order chi connectivity index (χ0) is 8.39. The molecule has 0 unspecified atom stereocenters. The third-order valence-electron chi connectivity index (χ3n) is 2.77. The predicted molar refractivity (Wildman–Crippen MR) is 47.7 cm³/mol. The first-order chi connectivity index (χ1) is 5.88. The molecule has 1 fully saturated rings. The first kappa shape index (κ1) is 7.84. The van der Waals surface area contributed by atoms with Crippen molar-refractivity contribution in [2.75, 3.05) is 6.54 Å². The van der Waals surface area contributed by atoms with Crippen LogP contribution in [0.3, 0.4) is 0 Å². The van der Waals surface area contributed by atoms with Gasteiger partial charge in [0.1, 0.15) is 0 Å². The SMILES string of the molecule is O=C1CC=C[C@@H]2CCCCCN12. The normalized spacial score (nSPS) is 29.8. The van der Waals surface area contributed by atoms with Gasteiger partial charge in [0.2, 0.25) is 5.91 Å². The van der Waals surface area contributed by atoms with Crippen molar-refractivity contribution in [1.82, 2.24) is 4.90 Å². The van der Waals surface area contributed by atoms with Gasteiger partial charge in [-0.2, -0.15) is 0 Å². The van der Waals surface area contributed by atoms with E-state index >= 15 is 0 Å². The Morgan fingerprint density at radius 3 is 3.17 bits per heavy atom. The van der Waals surface area contributed by atoms with E-state index in [0.29, 0.717) is 18.4 Å². The Hall–Kier alpha value is -0.790. The summed E-state index contributed by atoms with van der Waals surface area (Å²) in [5, 5.41) is 0. The highest BCUT2D eigenvalue weighted by Gasteiger charge is 2.24. The van der Waals surface area contributed by atoms with E-state index in [1.807, 2.05) is 11.0 Å². The summed E-state index contributed by atoms with van der Waals surface area (Å²) in [6, 6.07) is 0.425. The fourth-order valence-corrected chi connectivity index (χ4v) is 2.09. The molecule has 2 rings (SSSR count). The van der Waals surface area contributed by atoms with E-state index in [1.165, 1.54) is 25.7 Å². The average molecular weight is 165 g/mol. The van der Waals surface area contributed by atoms with Crippen molar-refractivity contribution < 1.29 is 4.79 Å². The van der Waals surface area contributed by atoms with Gasteiger partial charge in [-0.25, -0.2) is 0 Å². The molecule has 0 aromatic rings. The smallest absolute Gasteiger partial charge is 0.226 e. The minimum atomic E-state index is 0.324. The molecular weight excluding hydrogens is 150 g/mol. The van der Waals surface area contributed by atoms with E-state index in [2.05, 4.69) is 6.08 Å². The second-order valence-electron chi connectivity index (χ2n) is 3.64. The summed E-state index contributed by atoms with van der Waals surface area (Å²) in [4.78, 5) is 13.5. The molecule has 0 radical (unpaired) electrons. The van der Waals surface area contributed by atoms with Crippen molar-refractivity contribution in [1.29, 1.82) is 0 Å². The lowest BCUT2D eigenvalue weighted by atomic mass is 10.1. The molecule has 2 heteroatoms. The van der Waals surface area contributed by atoms with Crippen LogP contribution in [-0.2, 0) is 4.79 Å². The van der Waals surface area contributed by atoms with Crippen molar-refractivity contribution in [2.45, 2.75) is 38.1 Å². The number of nitrogens with zero attached hydrogens (tertiary/aromatic N) is 1. The maximum absolute atomic E-state index is 11.5. The maximum atomic E-state index is 11.5. The Morgan fingerprint density at radius 1 is 1.33 bits per heavy atom. The topological polar surface area (TPSA) is 20.3 Å². The molecule has 2 heterocycles. The zero-order valence-electron chi connectivity index (χ0n) is 7.33. The van der Waals surface area contributed by atoms with Crippen LogP contribution in [0.25, 0.3) is 0 Å². The van der Waals surface area contributed by atoms with Crippen LogP contribution in [0.1, 0.15) is 32.1 Å². The number of carbonyl (C=O) groups excluding carboxylic acids is 1. The summed E-state index contributed by atoms with van der Waals surface area (Å²) in [5.41, 5.74) is 0. The lowest BCUT2D eigenvalue weighted by Gasteiger charge is -2.30. The van der Waals surface area contributed by atoms with Crippen molar-refractivity contribution in [3.05, 3.63) is 12.2 Å². The van der Waals surface area contributed by atoms with Gasteiger partial charge in [0.25, 0.3) is 0 Å². The summed E-state index contributed by atoms with van der Waals surface area (Å²) in [5.74, 6) is 0.324. The van der Waals surface area contributed by atoms with Crippen molar-refractivity contribution >= 4 is 5.91 Å². The van der Waals surface area contributed by atoms with E-state index in [-0.39, 0.29) is 0 Å². The van der Waals surface area contributed by atoms with Crippen LogP contribution in [0.15, 0.2) is 12.2 Å². The molecule has 1 amide bonds. The van der Waals surface area contributed by atoms with E-state index in [1.54, 1.807) is 0 Å². The van der Waals surface area contributed by atoms with Crippen molar-refractivity contribution in [3.8, 4) is 0 Å². The number of amides is 1. The number of carbonyl (C=O) groups is 1. The zero-order valence-corrected chi connectivity index (χ0v) is 7.33. The number of hydrogen-bond acceptors (Lipinski definition) is 1. The van der Waals surface area contributed by atoms with Crippen LogP contribution in [0, 0.1) is 0 Å². The van der Waals surface area contributed by atoms with Crippen LogP contribution in [0.4, 0.5) is 0 Å². The van der Waals surface area contributed by atoms with Gasteiger partial charge in [-0.1, -0.05) is 25.0 Å². The monoisotopic (exact) mass is 165 g/mol. The third-order valence-corrected chi connectivity index (χ3v) is 2.77. The molecule has 0 bridgehead atoms. The largest absolute Gasteiger partial charge is 0.336 e. The highest BCUT2D eigenvalue weighted by molar-refractivity contribution is 5.79. The van der Waals surface area contributed by atoms with E-state index in [0.717, 1.165) is 6.54 Å². The average Bonchev–Trinajstić information content (AvgIpc) is 2.30. The summed E-state index contributed by atoms with van der Waals surface area (Å²) in [7, 11) is 0. The van der Waals surface area contributed by atoms with Crippen LogP contribution in [0.2, 0.25) is 0 Å². The second-order valence-corrected chi connectivity index (χ2v) is 3.64. The predicted octanol–water partition coefficient (Wildman–Crippen LogP) is 1.72. The fraction of sp³-hybridized carbons (Fsp3) is 0.700. The summed E-state index contributed by atoms with van der Waals surface area (Å²) < 4.78 is 0. The molecule has 1 atom stereocenters. The van der Waals surface area contributed by atoms with Gasteiger partial charge in [-0.05, 0) is 12.8 Å². The van der Waals surface area contributed by atoms with Crippen LogP contribution >= 0.6 is 0 Å². The van der Waals surface area contributed by atoms with Gasteiger partial charge in [0.15, 0.2) is 0 Å². The Labute approximate surface area is 73.2 Å². The van der Waals surface area contributed by atoms with Gasteiger partial charge in [-0.15, -0.1) is 0 Å². The number of fused-ring (bicyclic) bond motifs is 1. The number of hydrogen-bond donors (Lipinski definition) is 0. The fourth-order valence-electron chi connectivity index (χ4n) is 2.09.